The van der Waals surface area contributed by atoms with E-state index in [1.165, 1.54) is 32.4 Å². The van der Waals surface area contributed by atoms with E-state index in [1.54, 1.807) is 0 Å². The first-order valence-corrected chi connectivity index (χ1v) is 6.20. The summed E-state index contributed by atoms with van der Waals surface area (Å²) in [5, 5.41) is 3.73. The summed E-state index contributed by atoms with van der Waals surface area (Å²) >= 11 is 0. The fourth-order valence-corrected chi connectivity index (χ4v) is 3.23. The summed E-state index contributed by atoms with van der Waals surface area (Å²) in [7, 11) is 0. The topological polar surface area (TPSA) is 15.3 Å². The first kappa shape index (κ1) is 10.4. The van der Waals surface area contributed by atoms with Gasteiger partial charge in [0.25, 0.3) is 0 Å². The lowest BCUT2D eigenvalue weighted by molar-refractivity contribution is 0.0242. The third kappa shape index (κ3) is 1.96. The van der Waals surface area contributed by atoms with E-state index < -0.39 is 0 Å². The SMILES string of the molecule is CCN1CC2CCC1CC2NC(C)C. The van der Waals surface area contributed by atoms with Crippen LogP contribution in [0.25, 0.3) is 0 Å². The molecule has 0 aromatic heterocycles. The van der Waals surface area contributed by atoms with Gasteiger partial charge in [-0.05, 0) is 31.7 Å². The maximum absolute atomic E-state index is 3.73. The zero-order valence-electron chi connectivity index (χ0n) is 9.79. The average Bonchev–Trinajstić information content (AvgIpc) is 2.17. The van der Waals surface area contributed by atoms with Gasteiger partial charge in [-0.3, -0.25) is 0 Å². The number of nitrogens with zero attached hydrogens (tertiary/aromatic N) is 1. The summed E-state index contributed by atoms with van der Waals surface area (Å²) in [6, 6.07) is 2.33. The van der Waals surface area contributed by atoms with Crippen LogP contribution in [0, 0.1) is 5.92 Å². The molecule has 2 nitrogen and oxygen atoms in total. The third-order valence-corrected chi connectivity index (χ3v) is 3.90. The number of hydrogen-bond acceptors (Lipinski definition) is 2. The van der Waals surface area contributed by atoms with Gasteiger partial charge in [0.2, 0.25) is 0 Å². The first-order valence-electron chi connectivity index (χ1n) is 6.20. The van der Waals surface area contributed by atoms with Crippen LogP contribution in [-0.2, 0) is 0 Å². The third-order valence-electron chi connectivity index (χ3n) is 3.90. The Kier molecular flexibility index (Phi) is 3.13. The second-order valence-corrected chi connectivity index (χ2v) is 5.24. The van der Waals surface area contributed by atoms with Crippen LogP contribution in [-0.4, -0.2) is 36.1 Å². The number of fused-ring (bicyclic) bond motifs is 3. The van der Waals surface area contributed by atoms with Crippen LogP contribution in [0.4, 0.5) is 0 Å². The minimum absolute atomic E-state index is 0.648. The quantitative estimate of drug-likeness (QED) is 0.741. The predicted octanol–water partition coefficient (Wildman–Crippen LogP) is 1.86. The Hall–Kier alpha value is -0.0800. The summed E-state index contributed by atoms with van der Waals surface area (Å²) in [4.78, 5) is 2.67. The van der Waals surface area contributed by atoms with Crippen molar-refractivity contribution in [2.24, 2.45) is 5.92 Å². The highest BCUT2D eigenvalue weighted by atomic mass is 15.2. The van der Waals surface area contributed by atoms with Gasteiger partial charge in [0.1, 0.15) is 0 Å². The van der Waals surface area contributed by atoms with Gasteiger partial charge in [0.15, 0.2) is 0 Å². The molecular weight excluding hydrogens is 172 g/mol. The number of hydrogen-bond donors (Lipinski definition) is 1. The minimum atomic E-state index is 0.648. The van der Waals surface area contributed by atoms with Crippen molar-refractivity contribution >= 4 is 0 Å². The van der Waals surface area contributed by atoms with Crippen molar-refractivity contribution < 1.29 is 0 Å². The largest absolute Gasteiger partial charge is 0.311 e. The minimum Gasteiger partial charge on any atom is -0.311 e. The summed E-state index contributed by atoms with van der Waals surface area (Å²) in [6.45, 7) is 9.41. The molecule has 1 N–H and O–H groups in total. The van der Waals surface area contributed by atoms with Gasteiger partial charge in [-0.25, -0.2) is 0 Å². The van der Waals surface area contributed by atoms with E-state index in [0.717, 1.165) is 18.0 Å². The van der Waals surface area contributed by atoms with E-state index in [4.69, 9.17) is 0 Å². The van der Waals surface area contributed by atoms with Crippen LogP contribution in [0.5, 0.6) is 0 Å². The molecule has 3 unspecified atom stereocenters. The van der Waals surface area contributed by atoms with E-state index in [2.05, 4.69) is 31.0 Å². The lowest BCUT2D eigenvalue weighted by atomic mass is 9.76. The van der Waals surface area contributed by atoms with Crippen molar-refractivity contribution in [1.29, 1.82) is 0 Å². The van der Waals surface area contributed by atoms with E-state index in [0.29, 0.717) is 6.04 Å². The van der Waals surface area contributed by atoms with Crippen LogP contribution in [0.15, 0.2) is 0 Å². The van der Waals surface area contributed by atoms with Gasteiger partial charge >= 0.3 is 0 Å². The first-order chi connectivity index (χ1) is 6.70. The Morgan fingerprint density at radius 3 is 2.64 bits per heavy atom. The summed E-state index contributed by atoms with van der Waals surface area (Å²) in [5.41, 5.74) is 0. The molecule has 0 amide bonds. The van der Waals surface area contributed by atoms with Crippen LogP contribution in [0.1, 0.15) is 40.0 Å². The monoisotopic (exact) mass is 196 g/mol. The van der Waals surface area contributed by atoms with Crippen LogP contribution >= 0.6 is 0 Å². The highest BCUT2D eigenvalue weighted by Crippen LogP contribution is 2.35. The van der Waals surface area contributed by atoms with Crippen molar-refractivity contribution in [3.63, 3.8) is 0 Å². The lowest BCUT2D eigenvalue weighted by Crippen LogP contribution is -2.58. The summed E-state index contributed by atoms with van der Waals surface area (Å²) in [6.07, 6.45) is 4.27. The Morgan fingerprint density at radius 2 is 2.14 bits per heavy atom. The van der Waals surface area contributed by atoms with Crippen molar-refractivity contribution in [2.45, 2.75) is 58.2 Å². The lowest BCUT2D eigenvalue weighted by Gasteiger charge is -2.50. The molecule has 2 saturated heterocycles. The number of rotatable bonds is 3. The van der Waals surface area contributed by atoms with Crippen molar-refractivity contribution in [2.75, 3.05) is 13.1 Å². The molecular formula is C12H24N2. The molecule has 1 saturated carbocycles. The second-order valence-electron chi connectivity index (χ2n) is 5.24. The molecule has 0 spiro atoms. The van der Waals surface area contributed by atoms with Crippen LogP contribution in [0.2, 0.25) is 0 Å². The van der Waals surface area contributed by atoms with Gasteiger partial charge in [-0.2, -0.15) is 0 Å². The van der Waals surface area contributed by atoms with Crippen molar-refractivity contribution in [1.82, 2.24) is 10.2 Å². The number of piperidine rings is 2. The Balaban J connectivity index is 1.94. The predicted molar refractivity (Wildman–Crippen MR) is 60.4 cm³/mol. The molecule has 0 radical (unpaired) electrons. The molecule has 2 heteroatoms. The molecule has 3 fully saturated rings. The van der Waals surface area contributed by atoms with E-state index in [9.17, 15) is 0 Å². The van der Waals surface area contributed by atoms with Gasteiger partial charge in [0.05, 0.1) is 0 Å². The fraction of sp³-hybridized carbons (Fsp3) is 1.00. The van der Waals surface area contributed by atoms with E-state index in [-0.39, 0.29) is 0 Å². The highest BCUT2D eigenvalue weighted by molar-refractivity contribution is 4.96. The molecule has 2 heterocycles. The molecule has 3 atom stereocenters. The van der Waals surface area contributed by atoms with Crippen molar-refractivity contribution in [3.8, 4) is 0 Å². The standard InChI is InChI=1S/C12H24N2/c1-4-14-8-10-5-6-11(14)7-12(10)13-9(2)3/h9-13H,4-8H2,1-3H3. The molecule has 0 aromatic carbocycles. The number of nitrogens with one attached hydrogen (secondary N) is 1. The smallest absolute Gasteiger partial charge is 0.0125 e. The molecule has 3 rings (SSSR count). The van der Waals surface area contributed by atoms with Gasteiger partial charge < -0.3 is 10.2 Å². The molecule has 3 aliphatic rings. The Bertz CT molecular complexity index is 191. The molecule has 14 heavy (non-hydrogen) atoms. The van der Waals surface area contributed by atoms with E-state index in [1.807, 2.05) is 0 Å². The zero-order chi connectivity index (χ0) is 10.1. The van der Waals surface area contributed by atoms with Gasteiger partial charge in [-0.15, -0.1) is 0 Å². The maximum Gasteiger partial charge on any atom is 0.0125 e. The fourth-order valence-electron chi connectivity index (χ4n) is 3.23. The summed E-state index contributed by atoms with van der Waals surface area (Å²) < 4.78 is 0. The zero-order valence-corrected chi connectivity index (χ0v) is 9.79. The molecule has 0 aromatic rings. The van der Waals surface area contributed by atoms with Gasteiger partial charge in [0, 0.05) is 24.7 Å². The summed E-state index contributed by atoms with van der Waals surface area (Å²) in [5.74, 6) is 0.919. The molecule has 1 aliphatic carbocycles. The van der Waals surface area contributed by atoms with E-state index >= 15 is 0 Å². The normalized spacial score (nSPS) is 38.1. The Morgan fingerprint density at radius 1 is 1.36 bits per heavy atom. The molecule has 2 aliphatic heterocycles. The van der Waals surface area contributed by atoms with Gasteiger partial charge in [-0.1, -0.05) is 20.8 Å². The van der Waals surface area contributed by atoms with Crippen molar-refractivity contribution in [3.05, 3.63) is 0 Å². The van der Waals surface area contributed by atoms with Crippen LogP contribution in [0.3, 0.4) is 0 Å². The average molecular weight is 196 g/mol. The highest BCUT2D eigenvalue weighted by Gasteiger charge is 2.39. The maximum atomic E-state index is 3.73. The van der Waals surface area contributed by atoms with Crippen LogP contribution < -0.4 is 5.32 Å². The Labute approximate surface area is 88.1 Å². The molecule has 2 bridgehead atoms. The second kappa shape index (κ2) is 4.19. The molecule has 82 valence electrons.